The van der Waals surface area contributed by atoms with E-state index in [-0.39, 0.29) is 0 Å². The molecule has 0 radical (unpaired) electrons. The summed E-state index contributed by atoms with van der Waals surface area (Å²) in [7, 11) is 0. The average Bonchev–Trinajstić information content (AvgIpc) is 2.70. The summed E-state index contributed by atoms with van der Waals surface area (Å²) in [5, 5.41) is 0. The van der Waals surface area contributed by atoms with Gasteiger partial charge in [-0.3, -0.25) is 4.79 Å². The van der Waals surface area contributed by atoms with Crippen LogP contribution in [0.5, 0.6) is 0 Å². The fraction of sp³-hybridized carbons (Fsp3) is 0.962. The Balaban J connectivity index is 1.23. The normalized spacial score (nSPS) is 34.4. The average molecular weight is 375 g/mol. The minimum Gasteiger partial charge on any atom is -0.300 e. The molecule has 3 unspecified atom stereocenters. The van der Waals surface area contributed by atoms with Gasteiger partial charge in [-0.15, -0.1) is 0 Å². The highest BCUT2D eigenvalue weighted by Crippen LogP contribution is 2.44. The van der Waals surface area contributed by atoms with Gasteiger partial charge < -0.3 is 0 Å². The molecule has 3 aliphatic carbocycles. The van der Waals surface area contributed by atoms with Gasteiger partial charge in [0.1, 0.15) is 5.78 Å². The summed E-state index contributed by atoms with van der Waals surface area (Å²) in [6.45, 7) is 2.31. The standard InChI is InChI=1S/C26H46O/c1-2-3-4-5-6-7-8-21-9-11-22(12-10-21)13-14-23-15-16-25-20-26(27)18-17-24(25)19-23/h21-25H,2-20H2,1H3. The molecule has 0 bridgehead atoms. The topological polar surface area (TPSA) is 17.1 Å². The number of ketones is 1. The van der Waals surface area contributed by atoms with Crippen LogP contribution < -0.4 is 0 Å². The van der Waals surface area contributed by atoms with E-state index in [1.54, 1.807) is 0 Å². The number of carbonyl (C=O) groups is 1. The lowest BCUT2D eigenvalue weighted by atomic mass is 9.66. The van der Waals surface area contributed by atoms with Crippen LogP contribution in [0.2, 0.25) is 0 Å². The third-order valence-corrected chi connectivity index (χ3v) is 8.45. The van der Waals surface area contributed by atoms with Crippen molar-refractivity contribution < 1.29 is 4.79 Å². The smallest absolute Gasteiger partial charge is 0.133 e. The van der Waals surface area contributed by atoms with E-state index in [1.165, 1.54) is 109 Å². The fourth-order valence-electron chi connectivity index (χ4n) is 6.54. The van der Waals surface area contributed by atoms with Gasteiger partial charge >= 0.3 is 0 Å². The lowest BCUT2D eigenvalue weighted by molar-refractivity contribution is -0.123. The maximum Gasteiger partial charge on any atom is 0.133 e. The van der Waals surface area contributed by atoms with Crippen molar-refractivity contribution in [2.24, 2.45) is 29.6 Å². The summed E-state index contributed by atoms with van der Waals surface area (Å²) >= 11 is 0. The minimum atomic E-state index is 0.549. The molecule has 0 amide bonds. The van der Waals surface area contributed by atoms with Gasteiger partial charge in [-0.2, -0.15) is 0 Å². The number of fused-ring (bicyclic) bond motifs is 1. The van der Waals surface area contributed by atoms with Crippen LogP contribution in [-0.4, -0.2) is 5.78 Å². The second kappa shape index (κ2) is 11.6. The molecule has 0 spiro atoms. The Morgan fingerprint density at radius 3 is 2.07 bits per heavy atom. The molecule has 3 atom stereocenters. The van der Waals surface area contributed by atoms with E-state index in [9.17, 15) is 4.79 Å². The summed E-state index contributed by atoms with van der Waals surface area (Å²) in [5.74, 6) is 5.29. The third kappa shape index (κ3) is 7.21. The first kappa shape index (κ1) is 21.4. The molecule has 3 aliphatic rings. The van der Waals surface area contributed by atoms with Gasteiger partial charge in [-0.05, 0) is 48.9 Å². The predicted molar refractivity (Wildman–Crippen MR) is 116 cm³/mol. The Bertz CT molecular complexity index is 420. The number of hydrogen-bond acceptors (Lipinski definition) is 1. The van der Waals surface area contributed by atoms with Crippen molar-refractivity contribution in [3.8, 4) is 0 Å². The van der Waals surface area contributed by atoms with E-state index < -0.39 is 0 Å². The van der Waals surface area contributed by atoms with Crippen molar-refractivity contribution in [3.63, 3.8) is 0 Å². The Morgan fingerprint density at radius 2 is 1.30 bits per heavy atom. The fourth-order valence-corrected chi connectivity index (χ4v) is 6.54. The Kier molecular flexibility index (Phi) is 9.20. The van der Waals surface area contributed by atoms with Crippen LogP contribution in [0.4, 0.5) is 0 Å². The molecule has 0 aliphatic heterocycles. The molecule has 1 heteroatoms. The van der Waals surface area contributed by atoms with Crippen LogP contribution in [0, 0.1) is 29.6 Å². The van der Waals surface area contributed by atoms with Crippen molar-refractivity contribution in [2.75, 3.05) is 0 Å². The van der Waals surface area contributed by atoms with E-state index in [1.807, 2.05) is 0 Å². The molecule has 3 saturated carbocycles. The number of Topliss-reactive ketones (excluding diaryl/α,β-unsaturated/α-hetero) is 1. The first-order valence-electron chi connectivity index (χ1n) is 12.8. The quantitative estimate of drug-likeness (QED) is 0.353. The second-order valence-electron chi connectivity index (χ2n) is 10.5. The Morgan fingerprint density at radius 1 is 0.667 bits per heavy atom. The van der Waals surface area contributed by atoms with Crippen molar-refractivity contribution in [1.82, 2.24) is 0 Å². The maximum absolute atomic E-state index is 11.7. The Hall–Kier alpha value is -0.330. The van der Waals surface area contributed by atoms with Crippen LogP contribution in [0.1, 0.15) is 129 Å². The lowest BCUT2D eigenvalue weighted by Gasteiger charge is -2.39. The molecule has 156 valence electrons. The summed E-state index contributed by atoms with van der Waals surface area (Å²) < 4.78 is 0. The van der Waals surface area contributed by atoms with Crippen molar-refractivity contribution >= 4 is 5.78 Å². The van der Waals surface area contributed by atoms with E-state index in [4.69, 9.17) is 0 Å². The largest absolute Gasteiger partial charge is 0.300 e. The number of rotatable bonds is 10. The zero-order chi connectivity index (χ0) is 18.9. The van der Waals surface area contributed by atoms with Gasteiger partial charge in [0.15, 0.2) is 0 Å². The van der Waals surface area contributed by atoms with Gasteiger partial charge in [0.2, 0.25) is 0 Å². The molecule has 0 aromatic carbocycles. The first-order chi connectivity index (χ1) is 13.2. The molecule has 0 aromatic heterocycles. The molecule has 0 heterocycles. The number of hydrogen-bond donors (Lipinski definition) is 0. The van der Waals surface area contributed by atoms with E-state index in [0.717, 1.165) is 42.4 Å². The van der Waals surface area contributed by atoms with Gasteiger partial charge in [0, 0.05) is 12.8 Å². The van der Waals surface area contributed by atoms with Crippen LogP contribution in [0.15, 0.2) is 0 Å². The highest BCUT2D eigenvalue weighted by atomic mass is 16.1. The van der Waals surface area contributed by atoms with Crippen molar-refractivity contribution in [3.05, 3.63) is 0 Å². The lowest BCUT2D eigenvalue weighted by Crippen LogP contribution is -2.31. The van der Waals surface area contributed by atoms with Crippen LogP contribution in [0.25, 0.3) is 0 Å². The highest BCUT2D eigenvalue weighted by molar-refractivity contribution is 5.79. The summed E-state index contributed by atoms with van der Waals surface area (Å²) in [6, 6.07) is 0. The minimum absolute atomic E-state index is 0.549. The SMILES string of the molecule is CCCCCCCCC1CCC(CCC2CCC3CC(=O)CCC3C2)CC1. The van der Waals surface area contributed by atoms with Gasteiger partial charge in [0.05, 0.1) is 0 Å². The monoisotopic (exact) mass is 374 g/mol. The molecule has 27 heavy (non-hydrogen) atoms. The molecule has 3 fully saturated rings. The third-order valence-electron chi connectivity index (χ3n) is 8.45. The molecule has 3 rings (SSSR count). The van der Waals surface area contributed by atoms with Crippen molar-refractivity contribution in [1.29, 1.82) is 0 Å². The number of carbonyl (C=O) groups excluding carboxylic acids is 1. The zero-order valence-corrected chi connectivity index (χ0v) is 18.2. The molecule has 0 saturated heterocycles. The predicted octanol–water partition coefficient (Wildman–Crippen LogP) is 8.11. The van der Waals surface area contributed by atoms with Crippen LogP contribution in [-0.2, 0) is 4.79 Å². The molecular weight excluding hydrogens is 328 g/mol. The Labute approximate surface area is 169 Å². The van der Waals surface area contributed by atoms with E-state index >= 15 is 0 Å². The molecule has 0 N–H and O–H groups in total. The van der Waals surface area contributed by atoms with Gasteiger partial charge in [-0.1, -0.05) is 96.8 Å². The summed E-state index contributed by atoms with van der Waals surface area (Å²) in [6.07, 6.45) is 26.6. The van der Waals surface area contributed by atoms with E-state index in [2.05, 4.69) is 6.92 Å². The summed E-state index contributed by atoms with van der Waals surface area (Å²) in [4.78, 5) is 11.7. The highest BCUT2D eigenvalue weighted by Gasteiger charge is 2.35. The van der Waals surface area contributed by atoms with Crippen LogP contribution >= 0.6 is 0 Å². The molecule has 0 aromatic rings. The van der Waals surface area contributed by atoms with Gasteiger partial charge in [-0.25, -0.2) is 0 Å². The summed E-state index contributed by atoms with van der Waals surface area (Å²) in [5.41, 5.74) is 0. The van der Waals surface area contributed by atoms with Crippen LogP contribution in [0.3, 0.4) is 0 Å². The first-order valence-corrected chi connectivity index (χ1v) is 12.8. The van der Waals surface area contributed by atoms with E-state index in [0.29, 0.717) is 5.78 Å². The van der Waals surface area contributed by atoms with Gasteiger partial charge in [0.25, 0.3) is 0 Å². The zero-order valence-electron chi connectivity index (χ0n) is 18.2. The second-order valence-corrected chi connectivity index (χ2v) is 10.5. The number of unbranched alkanes of at least 4 members (excludes halogenated alkanes) is 5. The maximum atomic E-state index is 11.7. The molecular formula is C26H46O. The molecule has 1 nitrogen and oxygen atoms in total. The van der Waals surface area contributed by atoms with Crippen molar-refractivity contribution in [2.45, 2.75) is 129 Å².